The van der Waals surface area contributed by atoms with Crippen LogP contribution in [0.1, 0.15) is 44.1 Å². The Hall–Kier alpha value is -8.54. The second kappa shape index (κ2) is 15.7. The molecule has 4 bridgehead atoms. The normalized spacial score (nSPS) is 19.4. The summed E-state index contributed by atoms with van der Waals surface area (Å²) in [5.41, 5.74) is 17.7. The maximum absolute atomic E-state index is 6.68. The highest BCUT2D eigenvalue weighted by molar-refractivity contribution is 6.11. The molecule has 4 saturated carbocycles. The first-order chi connectivity index (χ1) is 36.0. The molecule has 0 spiro atoms. The third-order valence-corrected chi connectivity index (χ3v) is 17.2. The Morgan fingerprint density at radius 1 is 0.384 bits per heavy atom. The highest BCUT2D eigenvalue weighted by Crippen LogP contribution is 2.61. The fraction of sp³-hybridized carbons (Fsp3) is 0.147. The molecule has 5 nitrogen and oxygen atoms in total. The van der Waals surface area contributed by atoms with E-state index in [0.717, 1.165) is 112 Å². The third-order valence-electron chi connectivity index (χ3n) is 17.2. The summed E-state index contributed by atoms with van der Waals surface area (Å²) >= 11 is 0. The number of hydrogen-bond acceptors (Lipinski definition) is 4. The van der Waals surface area contributed by atoms with E-state index in [4.69, 9.17) is 18.8 Å². The molecule has 0 radical (unpaired) electrons. The Labute approximate surface area is 422 Å². The minimum Gasteiger partial charge on any atom is -0.456 e. The fourth-order valence-electron chi connectivity index (χ4n) is 14.3. The van der Waals surface area contributed by atoms with Crippen molar-refractivity contribution in [2.75, 3.05) is 0 Å². The first-order valence-corrected chi connectivity index (χ1v) is 26.1. The van der Waals surface area contributed by atoms with Gasteiger partial charge in [0.2, 0.25) is 0 Å². The van der Waals surface area contributed by atoms with Crippen molar-refractivity contribution >= 4 is 65.7 Å². The predicted octanol–water partition coefficient (Wildman–Crippen LogP) is 18.2. The van der Waals surface area contributed by atoms with Crippen LogP contribution in [0.3, 0.4) is 0 Å². The van der Waals surface area contributed by atoms with Crippen molar-refractivity contribution in [3.63, 3.8) is 0 Å². The zero-order valence-corrected chi connectivity index (χ0v) is 40.3. The van der Waals surface area contributed by atoms with Gasteiger partial charge in [0.15, 0.2) is 5.82 Å². The maximum Gasteiger partial charge on any atom is 0.160 e. The van der Waals surface area contributed by atoms with E-state index in [1.165, 1.54) is 71.5 Å². The van der Waals surface area contributed by atoms with Crippen LogP contribution >= 0.6 is 0 Å². The number of nitrogens with zero attached hydrogens (tertiary/aromatic N) is 3. The van der Waals surface area contributed by atoms with Gasteiger partial charge in [0.05, 0.1) is 22.4 Å². The van der Waals surface area contributed by atoms with E-state index in [-0.39, 0.29) is 0 Å². The van der Waals surface area contributed by atoms with Gasteiger partial charge in [-0.25, -0.2) is 9.97 Å². The van der Waals surface area contributed by atoms with Gasteiger partial charge >= 0.3 is 0 Å². The van der Waals surface area contributed by atoms with Gasteiger partial charge in [-0.05, 0) is 174 Å². The van der Waals surface area contributed by atoms with Gasteiger partial charge in [-0.1, -0.05) is 121 Å². The number of benzene rings is 9. The van der Waals surface area contributed by atoms with Crippen LogP contribution in [0.2, 0.25) is 0 Å². The first-order valence-electron chi connectivity index (χ1n) is 26.1. The van der Waals surface area contributed by atoms with E-state index in [1.807, 2.05) is 24.3 Å². The molecule has 73 heavy (non-hydrogen) atoms. The maximum atomic E-state index is 6.68. The smallest absolute Gasteiger partial charge is 0.160 e. The number of para-hydroxylation sites is 5. The van der Waals surface area contributed by atoms with Gasteiger partial charge in [-0.15, -0.1) is 0 Å². The molecule has 4 aromatic heterocycles. The summed E-state index contributed by atoms with van der Waals surface area (Å²) in [5, 5.41) is 6.76. The Morgan fingerprint density at radius 2 is 0.973 bits per heavy atom. The molecular weight excluding hydrogens is 891 g/mol. The lowest BCUT2D eigenvalue weighted by Gasteiger charge is -2.57. The Balaban J connectivity index is 0.904. The quantitative estimate of drug-likeness (QED) is 0.160. The number of aromatic nitrogens is 3. The summed E-state index contributed by atoms with van der Waals surface area (Å²) in [6, 6.07) is 74.5. The summed E-state index contributed by atoms with van der Waals surface area (Å²) in [7, 11) is 0. The largest absolute Gasteiger partial charge is 0.456 e. The average Bonchev–Trinajstić information content (AvgIpc) is 4.12. The Bertz CT molecular complexity index is 4330. The molecule has 17 rings (SSSR count). The topological polar surface area (TPSA) is 57.0 Å². The minimum atomic E-state index is 0.327. The number of fused-ring (bicyclic) bond motifs is 9. The van der Waals surface area contributed by atoms with Crippen molar-refractivity contribution in [3.05, 3.63) is 212 Å². The van der Waals surface area contributed by atoms with Crippen molar-refractivity contribution in [2.45, 2.75) is 43.9 Å². The molecule has 4 heterocycles. The number of furan rings is 2. The Morgan fingerprint density at radius 3 is 1.75 bits per heavy atom. The molecule has 0 atom stereocenters. The van der Waals surface area contributed by atoms with Crippen molar-refractivity contribution in [1.82, 2.24) is 14.5 Å². The SMILES string of the molecule is c1ccc(-n2c3ccccc3c3cc(-c4cc(-c5ccc(C67CC8CC(CC(C8)C6)C7)cc5)cc(-c5nc(-c6ccc7c(c6)oc6ccccc67)cc(-c6cccc7c6oc6ccccc67)n5)c4)ccc32)cc1. The van der Waals surface area contributed by atoms with E-state index in [0.29, 0.717) is 11.2 Å². The average molecular weight is 940 g/mol. The van der Waals surface area contributed by atoms with E-state index < -0.39 is 0 Å². The molecule has 348 valence electrons. The molecule has 13 aromatic rings. The highest BCUT2D eigenvalue weighted by atomic mass is 16.3. The number of hydrogen-bond donors (Lipinski definition) is 0. The molecule has 4 fully saturated rings. The molecule has 0 unspecified atom stereocenters. The van der Waals surface area contributed by atoms with Gasteiger partial charge in [0.1, 0.15) is 22.3 Å². The van der Waals surface area contributed by atoms with Crippen molar-refractivity contribution in [1.29, 1.82) is 0 Å². The van der Waals surface area contributed by atoms with E-state index in [1.54, 1.807) is 0 Å². The molecule has 4 aliphatic rings. The summed E-state index contributed by atoms with van der Waals surface area (Å²) in [6.45, 7) is 0. The highest BCUT2D eigenvalue weighted by Gasteiger charge is 2.51. The third kappa shape index (κ3) is 6.54. The summed E-state index contributed by atoms with van der Waals surface area (Å²) in [6.07, 6.45) is 8.38. The lowest BCUT2D eigenvalue weighted by Crippen LogP contribution is -2.48. The standard InChI is InChI=1S/C68H49N3O2/c1-2-11-51(12-3-1)71-61-18-7-4-13-52(61)58-35-45(24-28-62(58)71)48-32-47(44-21-25-50(26-22-44)68-38-41-29-42(39-68)31-43(30-41)40-68)33-49(34-48)67-69-59(46-23-27-55-53-14-5-8-19-63(53)72-65(55)36-46)37-60(70-67)57-17-10-16-56-54-15-6-9-20-64(54)73-66(56)57/h1-28,32-37,41-43H,29-31,38-40H2. The van der Waals surface area contributed by atoms with Crippen LogP contribution in [0.15, 0.2) is 215 Å². The van der Waals surface area contributed by atoms with Gasteiger partial charge in [-0.2, -0.15) is 0 Å². The van der Waals surface area contributed by atoms with Crippen molar-refractivity contribution < 1.29 is 8.83 Å². The minimum absolute atomic E-state index is 0.327. The van der Waals surface area contributed by atoms with Crippen molar-refractivity contribution in [2.24, 2.45) is 17.8 Å². The van der Waals surface area contributed by atoms with Crippen LogP contribution in [-0.4, -0.2) is 14.5 Å². The van der Waals surface area contributed by atoms with Crippen LogP contribution in [0.5, 0.6) is 0 Å². The van der Waals surface area contributed by atoms with Crippen molar-refractivity contribution in [3.8, 4) is 61.8 Å². The monoisotopic (exact) mass is 939 g/mol. The second-order valence-corrected chi connectivity index (χ2v) is 21.5. The molecular formula is C68H49N3O2. The van der Waals surface area contributed by atoms with Crippen LogP contribution in [-0.2, 0) is 5.41 Å². The fourth-order valence-corrected chi connectivity index (χ4v) is 14.3. The summed E-state index contributed by atoms with van der Waals surface area (Å²) < 4.78 is 15.5. The summed E-state index contributed by atoms with van der Waals surface area (Å²) in [4.78, 5) is 11.1. The van der Waals surface area contributed by atoms with Gasteiger partial charge in [0.25, 0.3) is 0 Å². The van der Waals surface area contributed by atoms with E-state index in [2.05, 4.69) is 187 Å². The predicted molar refractivity (Wildman–Crippen MR) is 298 cm³/mol. The van der Waals surface area contributed by atoms with Crippen LogP contribution < -0.4 is 0 Å². The zero-order valence-electron chi connectivity index (χ0n) is 40.3. The molecule has 9 aromatic carbocycles. The zero-order chi connectivity index (χ0) is 47.8. The molecule has 0 N–H and O–H groups in total. The lowest BCUT2D eigenvalue weighted by atomic mass is 9.48. The molecule has 0 aliphatic heterocycles. The van der Waals surface area contributed by atoms with Gasteiger partial charge < -0.3 is 13.4 Å². The van der Waals surface area contributed by atoms with E-state index in [9.17, 15) is 0 Å². The first kappa shape index (κ1) is 41.1. The van der Waals surface area contributed by atoms with Gasteiger partial charge in [-0.3, -0.25) is 0 Å². The second-order valence-electron chi connectivity index (χ2n) is 21.5. The Kier molecular flexibility index (Phi) is 8.86. The van der Waals surface area contributed by atoms with Gasteiger partial charge in [0, 0.05) is 54.7 Å². The van der Waals surface area contributed by atoms with Crippen LogP contribution in [0, 0.1) is 17.8 Å². The molecule has 4 aliphatic carbocycles. The molecule has 0 amide bonds. The molecule has 0 saturated heterocycles. The van der Waals surface area contributed by atoms with Crippen LogP contribution in [0.25, 0.3) is 128 Å². The van der Waals surface area contributed by atoms with E-state index >= 15 is 0 Å². The van der Waals surface area contributed by atoms with Crippen LogP contribution in [0.4, 0.5) is 0 Å². The summed E-state index contributed by atoms with van der Waals surface area (Å²) in [5.74, 6) is 3.32. The lowest BCUT2D eigenvalue weighted by molar-refractivity contribution is -0.00518. The number of rotatable bonds is 7. The molecule has 5 heteroatoms.